The van der Waals surface area contributed by atoms with Crippen LogP contribution in [0.3, 0.4) is 0 Å². The van der Waals surface area contributed by atoms with Crippen LogP contribution in [0.2, 0.25) is 5.02 Å². The molecule has 0 aliphatic heterocycles. The van der Waals surface area contributed by atoms with E-state index in [9.17, 15) is 18.0 Å². The molecular weight excluding hydrogens is 630 g/mol. The molecule has 0 saturated heterocycles. The average molecular weight is 665 g/mol. The molecule has 220 valence electrons. The van der Waals surface area contributed by atoms with Gasteiger partial charge in [0.1, 0.15) is 18.3 Å². The van der Waals surface area contributed by atoms with Gasteiger partial charge in [-0.15, -0.1) is 0 Å². The van der Waals surface area contributed by atoms with Gasteiger partial charge in [-0.1, -0.05) is 70.7 Å². The molecule has 11 heteroatoms. The van der Waals surface area contributed by atoms with Gasteiger partial charge in [0.05, 0.1) is 17.7 Å². The minimum Gasteiger partial charge on any atom is -0.495 e. The minimum absolute atomic E-state index is 0.00254. The Bertz CT molecular complexity index is 1450. The first-order chi connectivity index (χ1) is 19.5. The molecule has 3 aromatic carbocycles. The first-order valence-electron chi connectivity index (χ1n) is 13.2. The summed E-state index contributed by atoms with van der Waals surface area (Å²) in [5, 5.41) is 3.15. The number of methoxy groups -OCH3 is 1. The Hall–Kier alpha value is -3.08. The van der Waals surface area contributed by atoms with E-state index in [1.165, 1.54) is 30.2 Å². The van der Waals surface area contributed by atoms with Gasteiger partial charge in [0.2, 0.25) is 11.8 Å². The van der Waals surface area contributed by atoms with Crippen molar-refractivity contribution in [2.75, 3.05) is 24.5 Å². The second kappa shape index (κ2) is 14.7. The van der Waals surface area contributed by atoms with Crippen molar-refractivity contribution >= 4 is 55.1 Å². The number of carbonyl (C=O) groups is 2. The lowest BCUT2D eigenvalue weighted by Crippen LogP contribution is -2.51. The summed E-state index contributed by atoms with van der Waals surface area (Å²) in [4.78, 5) is 28.5. The van der Waals surface area contributed by atoms with Crippen LogP contribution in [-0.2, 0) is 26.2 Å². The van der Waals surface area contributed by atoms with Gasteiger partial charge in [0, 0.05) is 22.6 Å². The second-order valence-electron chi connectivity index (χ2n) is 9.61. The summed E-state index contributed by atoms with van der Waals surface area (Å²) < 4.78 is 35.4. The highest BCUT2D eigenvalue weighted by molar-refractivity contribution is 9.10. The molecule has 0 spiro atoms. The number of unbranched alkanes of at least 4 members (excludes halogenated alkanes) is 1. The van der Waals surface area contributed by atoms with Gasteiger partial charge in [-0.3, -0.25) is 13.9 Å². The number of benzene rings is 3. The van der Waals surface area contributed by atoms with Gasteiger partial charge in [0.15, 0.2) is 0 Å². The molecule has 1 atom stereocenters. The fraction of sp³-hybridized carbons (Fsp3) is 0.333. The number of nitrogens with zero attached hydrogens (tertiary/aromatic N) is 2. The van der Waals surface area contributed by atoms with Crippen molar-refractivity contribution in [3.63, 3.8) is 0 Å². The van der Waals surface area contributed by atoms with E-state index in [-0.39, 0.29) is 33.8 Å². The van der Waals surface area contributed by atoms with Crippen molar-refractivity contribution in [1.82, 2.24) is 10.2 Å². The van der Waals surface area contributed by atoms with Crippen molar-refractivity contribution in [2.45, 2.75) is 51.1 Å². The van der Waals surface area contributed by atoms with E-state index in [1.54, 1.807) is 31.2 Å². The van der Waals surface area contributed by atoms with Crippen LogP contribution < -0.4 is 14.4 Å². The molecule has 1 unspecified atom stereocenters. The number of hydrogen-bond donors (Lipinski definition) is 1. The Morgan fingerprint density at radius 2 is 1.71 bits per heavy atom. The van der Waals surface area contributed by atoms with Crippen LogP contribution in [0.4, 0.5) is 5.69 Å². The molecule has 0 fully saturated rings. The van der Waals surface area contributed by atoms with Crippen molar-refractivity contribution in [3.8, 4) is 5.75 Å². The molecule has 0 saturated carbocycles. The van der Waals surface area contributed by atoms with E-state index in [1.807, 2.05) is 38.1 Å². The van der Waals surface area contributed by atoms with Gasteiger partial charge in [-0.25, -0.2) is 8.42 Å². The largest absolute Gasteiger partial charge is 0.495 e. The van der Waals surface area contributed by atoms with Crippen LogP contribution in [0.15, 0.2) is 76.1 Å². The number of sulfonamides is 1. The average Bonchev–Trinajstić information content (AvgIpc) is 2.95. The van der Waals surface area contributed by atoms with E-state index in [4.69, 9.17) is 16.3 Å². The third-order valence-corrected chi connectivity index (χ3v) is 9.10. The fourth-order valence-electron chi connectivity index (χ4n) is 4.11. The third-order valence-electron chi connectivity index (χ3n) is 6.56. The normalized spacial score (nSPS) is 12.0. The summed E-state index contributed by atoms with van der Waals surface area (Å²) in [6.45, 7) is 5.50. The Kier molecular flexibility index (Phi) is 11.6. The molecule has 0 bridgehead atoms. The van der Waals surface area contributed by atoms with Gasteiger partial charge < -0.3 is 15.0 Å². The minimum atomic E-state index is -4.25. The Labute approximate surface area is 255 Å². The molecule has 0 heterocycles. The molecular formula is C30H35BrClN3O5S. The Morgan fingerprint density at radius 3 is 2.32 bits per heavy atom. The summed E-state index contributed by atoms with van der Waals surface area (Å²) in [5.41, 5.74) is 1.77. The number of amides is 2. The molecule has 0 aliphatic carbocycles. The van der Waals surface area contributed by atoms with Crippen LogP contribution in [0.1, 0.15) is 37.8 Å². The molecule has 3 aromatic rings. The maximum Gasteiger partial charge on any atom is 0.264 e. The highest BCUT2D eigenvalue weighted by Gasteiger charge is 2.34. The Balaban J connectivity index is 2.06. The topological polar surface area (TPSA) is 96.0 Å². The SMILES string of the molecule is CCCCNC(=O)C(C)N(Cc1ccc(Br)cc1)C(=O)CN(c1cc(Cl)ccc1OC)S(=O)(=O)c1ccc(C)cc1. The molecule has 0 aromatic heterocycles. The number of rotatable bonds is 13. The lowest BCUT2D eigenvalue weighted by molar-refractivity contribution is -0.139. The zero-order chi connectivity index (χ0) is 30.2. The highest BCUT2D eigenvalue weighted by atomic mass is 79.9. The smallest absolute Gasteiger partial charge is 0.264 e. The summed E-state index contributed by atoms with van der Waals surface area (Å²) in [6.07, 6.45) is 1.71. The lowest BCUT2D eigenvalue weighted by atomic mass is 10.1. The maximum atomic E-state index is 14.0. The zero-order valence-corrected chi connectivity index (χ0v) is 26.7. The number of halogens is 2. The maximum absolute atomic E-state index is 14.0. The zero-order valence-electron chi connectivity index (χ0n) is 23.6. The van der Waals surface area contributed by atoms with Gasteiger partial charge in [-0.05, 0) is 68.3 Å². The van der Waals surface area contributed by atoms with Crippen LogP contribution in [0, 0.1) is 6.92 Å². The summed E-state index contributed by atoms with van der Waals surface area (Å²) in [5.74, 6) is -0.663. The number of aryl methyl sites for hydroxylation is 1. The molecule has 8 nitrogen and oxygen atoms in total. The number of hydrogen-bond acceptors (Lipinski definition) is 5. The molecule has 0 aliphatic rings. The molecule has 3 rings (SSSR count). The molecule has 41 heavy (non-hydrogen) atoms. The number of nitrogens with one attached hydrogen (secondary N) is 1. The predicted molar refractivity (Wildman–Crippen MR) is 166 cm³/mol. The van der Waals surface area contributed by atoms with E-state index in [0.29, 0.717) is 6.54 Å². The van der Waals surface area contributed by atoms with E-state index < -0.39 is 28.5 Å². The van der Waals surface area contributed by atoms with Crippen molar-refractivity contribution in [2.24, 2.45) is 0 Å². The molecule has 0 radical (unpaired) electrons. The quantitative estimate of drug-likeness (QED) is 0.228. The number of carbonyl (C=O) groups excluding carboxylic acids is 2. The van der Waals surface area contributed by atoms with Crippen LogP contribution in [0.5, 0.6) is 5.75 Å². The highest BCUT2D eigenvalue weighted by Crippen LogP contribution is 2.35. The van der Waals surface area contributed by atoms with E-state index >= 15 is 0 Å². The molecule has 2 amide bonds. The third kappa shape index (κ3) is 8.47. The van der Waals surface area contributed by atoms with E-state index in [0.717, 1.165) is 32.7 Å². The number of ether oxygens (including phenoxy) is 1. The van der Waals surface area contributed by atoms with Crippen molar-refractivity contribution < 1.29 is 22.7 Å². The number of anilines is 1. The first kappa shape index (κ1) is 32.4. The second-order valence-corrected chi connectivity index (χ2v) is 12.8. The standard InChI is InChI=1S/C30H35BrClN3O5S/c1-5-6-17-33-30(37)22(3)34(19-23-9-11-24(31)12-10-23)29(36)20-35(27-18-25(32)13-16-28(27)40-4)41(38,39)26-14-7-21(2)8-15-26/h7-16,18,22H,5-6,17,19-20H2,1-4H3,(H,33,37). The van der Waals surface area contributed by atoms with Gasteiger partial charge in [0.25, 0.3) is 10.0 Å². The van der Waals surface area contributed by atoms with Crippen molar-refractivity contribution in [3.05, 3.63) is 87.4 Å². The predicted octanol–water partition coefficient (Wildman–Crippen LogP) is 5.95. The van der Waals surface area contributed by atoms with Crippen LogP contribution in [0.25, 0.3) is 0 Å². The van der Waals surface area contributed by atoms with E-state index in [2.05, 4.69) is 21.2 Å². The first-order valence-corrected chi connectivity index (χ1v) is 15.8. The summed E-state index contributed by atoms with van der Waals surface area (Å²) in [6, 6.07) is 17.4. The van der Waals surface area contributed by atoms with Crippen molar-refractivity contribution in [1.29, 1.82) is 0 Å². The fourth-order valence-corrected chi connectivity index (χ4v) is 5.96. The monoisotopic (exact) mass is 663 g/mol. The summed E-state index contributed by atoms with van der Waals surface area (Å²) >= 11 is 9.69. The Morgan fingerprint density at radius 1 is 1.05 bits per heavy atom. The van der Waals surface area contributed by atoms with Crippen LogP contribution >= 0.6 is 27.5 Å². The lowest BCUT2D eigenvalue weighted by Gasteiger charge is -2.32. The van der Waals surface area contributed by atoms with Gasteiger partial charge >= 0.3 is 0 Å². The van der Waals surface area contributed by atoms with Crippen LogP contribution in [-0.4, -0.2) is 51.4 Å². The van der Waals surface area contributed by atoms with Gasteiger partial charge in [-0.2, -0.15) is 0 Å². The molecule has 1 N–H and O–H groups in total. The summed E-state index contributed by atoms with van der Waals surface area (Å²) in [7, 11) is -2.84.